The quantitative estimate of drug-likeness (QED) is 0.839. The molecule has 0 radical (unpaired) electrons. The van der Waals surface area contributed by atoms with Gasteiger partial charge in [0, 0.05) is 41.4 Å². The molecule has 2 fully saturated rings. The number of morpholine rings is 1. The van der Waals surface area contributed by atoms with Gasteiger partial charge in [0.1, 0.15) is 5.60 Å². The maximum absolute atomic E-state index is 12.3. The lowest BCUT2D eigenvalue weighted by atomic mass is 10.1. The molecule has 0 aliphatic carbocycles. The van der Waals surface area contributed by atoms with E-state index in [0.717, 1.165) is 24.3 Å². The molecule has 2 aliphatic rings. The number of amides is 1. The summed E-state index contributed by atoms with van der Waals surface area (Å²) < 4.78 is 22.4. The Hall–Kier alpha value is -0.660. The average molecular weight is 332 g/mol. The molecule has 1 atom stereocenters. The van der Waals surface area contributed by atoms with Crippen molar-refractivity contribution in [3.05, 3.63) is 0 Å². The van der Waals surface area contributed by atoms with E-state index in [4.69, 9.17) is 9.47 Å². The molecule has 0 aromatic heterocycles. The fraction of sp³-hybridized carbons (Fsp3) is 0.933. The Labute approximate surface area is 135 Å². The van der Waals surface area contributed by atoms with Gasteiger partial charge in [-0.15, -0.1) is 0 Å². The van der Waals surface area contributed by atoms with Gasteiger partial charge in [-0.1, -0.05) is 0 Å². The molecule has 7 heteroatoms. The van der Waals surface area contributed by atoms with E-state index in [1.165, 1.54) is 0 Å². The Morgan fingerprint density at radius 1 is 1.36 bits per heavy atom. The molecule has 2 heterocycles. The Morgan fingerprint density at radius 3 is 2.68 bits per heavy atom. The SMILES string of the molecule is CC(C)(C)OC(=O)N1CCOCC1CNC1CCS(=O)CC1. The fourth-order valence-corrected chi connectivity index (χ4v) is 3.98. The molecule has 0 aromatic carbocycles. The Morgan fingerprint density at radius 2 is 2.05 bits per heavy atom. The van der Waals surface area contributed by atoms with Crippen LogP contribution >= 0.6 is 0 Å². The lowest BCUT2D eigenvalue weighted by molar-refractivity contribution is -0.0322. The van der Waals surface area contributed by atoms with E-state index >= 15 is 0 Å². The summed E-state index contributed by atoms with van der Waals surface area (Å²) in [6.07, 6.45) is 1.60. The van der Waals surface area contributed by atoms with Gasteiger partial charge in [0.25, 0.3) is 0 Å². The average Bonchev–Trinajstić information content (AvgIpc) is 2.45. The van der Waals surface area contributed by atoms with Crippen molar-refractivity contribution in [3.8, 4) is 0 Å². The van der Waals surface area contributed by atoms with Gasteiger partial charge < -0.3 is 14.8 Å². The van der Waals surface area contributed by atoms with E-state index in [2.05, 4.69) is 5.32 Å². The molecule has 2 aliphatic heterocycles. The van der Waals surface area contributed by atoms with Gasteiger partial charge in [-0.05, 0) is 33.6 Å². The summed E-state index contributed by atoms with van der Waals surface area (Å²) in [5.41, 5.74) is -0.485. The summed E-state index contributed by atoms with van der Waals surface area (Å²) >= 11 is 0. The van der Waals surface area contributed by atoms with Crippen molar-refractivity contribution >= 4 is 16.9 Å². The van der Waals surface area contributed by atoms with E-state index in [0.29, 0.717) is 32.3 Å². The molecule has 128 valence electrons. The van der Waals surface area contributed by atoms with Crippen LogP contribution in [0.25, 0.3) is 0 Å². The highest BCUT2D eigenvalue weighted by molar-refractivity contribution is 7.85. The first-order chi connectivity index (χ1) is 10.3. The molecule has 1 amide bonds. The number of carbonyl (C=O) groups is 1. The fourth-order valence-electron chi connectivity index (χ4n) is 2.69. The number of rotatable bonds is 3. The first-order valence-electron chi connectivity index (χ1n) is 8.01. The predicted octanol–water partition coefficient (Wildman–Crippen LogP) is 1.12. The van der Waals surface area contributed by atoms with Crippen molar-refractivity contribution in [2.45, 2.75) is 51.3 Å². The molecule has 0 aromatic rings. The van der Waals surface area contributed by atoms with E-state index in [1.807, 2.05) is 20.8 Å². The summed E-state index contributed by atoms with van der Waals surface area (Å²) in [7, 11) is -0.644. The summed E-state index contributed by atoms with van der Waals surface area (Å²) in [6.45, 7) is 7.97. The van der Waals surface area contributed by atoms with Crippen molar-refractivity contribution < 1.29 is 18.5 Å². The van der Waals surface area contributed by atoms with Crippen LogP contribution in [0.15, 0.2) is 0 Å². The van der Waals surface area contributed by atoms with Crippen LogP contribution in [0.3, 0.4) is 0 Å². The van der Waals surface area contributed by atoms with Crippen LogP contribution in [-0.2, 0) is 20.3 Å². The molecule has 2 rings (SSSR count). The van der Waals surface area contributed by atoms with Crippen LogP contribution in [0, 0.1) is 0 Å². The normalized spacial score (nSPS) is 30.1. The molecule has 1 N–H and O–H groups in total. The standard InChI is InChI=1S/C15H28N2O4S/c1-15(2,3)21-14(18)17-6-7-20-11-13(17)10-16-12-4-8-22(19)9-5-12/h12-13,16H,4-11H2,1-3H3. The second-order valence-electron chi connectivity index (χ2n) is 6.93. The maximum atomic E-state index is 12.3. The molecule has 1 unspecified atom stereocenters. The van der Waals surface area contributed by atoms with E-state index in [1.54, 1.807) is 4.90 Å². The predicted molar refractivity (Wildman–Crippen MR) is 86.4 cm³/mol. The minimum absolute atomic E-state index is 0.00368. The third-order valence-corrected chi connectivity index (χ3v) is 5.27. The Bertz CT molecular complexity index is 401. The van der Waals surface area contributed by atoms with Crippen LogP contribution < -0.4 is 5.32 Å². The summed E-state index contributed by atoms with van der Waals surface area (Å²) in [4.78, 5) is 14.1. The number of carbonyl (C=O) groups excluding carboxylic acids is 1. The Balaban J connectivity index is 1.84. The topological polar surface area (TPSA) is 67.9 Å². The van der Waals surface area contributed by atoms with Crippen LogP contribution in [0.2, 0.25) is 0 Å². The number of hydrogen-bond donors (Lipinski definition) is 1. The van der Waals surface area contributed by atoms with Crippen LogP contribution in [0.5, 0.6) is 0 Å². The zero-order valence-electron chi connectivity index (χ0n) is 13.8. The zero-order valence-corrected chi connectivity index (χ0v) is 14.6. The second kappa shape index (κ2) is 7.75. The van der Waals surface area contributed by atoms with Crippen molar-refractivity contribution in [1.82, 2.24) is 10.2 Å². The molecular formula is C15H28N2O4S. The van der Waals surface area contributed by atoms with Crippen LogP contribution in [0.4, 0.5) is 4.79 Å². The third kappa shape index (κ3) is 5.52. The van der Waals surface area contributed by atoms with Gasteiger partial charge in [-0.2, -0.15) is 0 Å². The monoisotopic (exact) mass is 332 g/mol. The van der Waals surface area contributed by atoms with Crippen molar-refractivity contribution in [2.75, 3.05) is 37.8 Å². The first kappa shape index (κ1) is 17.7. The van der Waals surface area contributed by atoms with Gasteiger partial charge in [0.2, 0.25) is 0 Å². The van der Waals surface area contributed by atoms with Gasteiger partial charge in [0.15, 0.2) is 0 Å². The summed E-state index contributed by atoms with van der Waals surface area (Å²) in [6, 6.07) is 0.385. The zero-order chi connectivity index (χ0) is 16.2. The molecule has 0 saturated carbocycles. The second-order valence-corrected chi connectivity index (χ2v) is 8.63. The molecule has 0 bridgehead atoms. The maximum Gasteiger partial charge on any atom is 0.410 e. The molecular weight excluding hydrogens is 304 g/mol. The Kier molecular flexibility index (Phi) is 6.23. The number of hydrogen-bond acceptors (Lipinski definition) is 5. The lowest BCUT2D eigenvalue weighted by Gasteiger charge is -2.37. The van der Waals surface area contributed by atoms with Crippen LogP contribution in [-0.4, -0.2) is 70.7 Å². The summed E-state index contributed by atoms with van der Waals surface area (Å²) in [5, 5.41) is 3.50. The van der Waals surface area contributed by atoms with E-state index in [-0.39, 0.29) is 12.1 Å². The number of nitrogens with zero attached hydrogens (tertiary/aromatic N) is 1. The van der Waals surface area contributed by atoms with Crippen molar-refractivity contribution in [3.63, 3.8) is 0 Å². The number of ether oxygens (including phenoxy) is 2. The smallest absolute Gasteiger partial charge is 0.410 e. The van der Waals surface area contributed by atoms with E-state index < -0.39 is 16.4 Å². The first-order valence-corrected chi connectivity index (χ1v) is 9.50. The highest BCUT2D eigenvalue weighted by atomic mass is 32.2. The highest BCUT2D eigenvalue weighted by Gasteiger charge is 2.31. The summed E-state index contributed by atoms with van der Waals surface area (Å²) in [5.74, 6) is 1.54. The molecule has 22 heavy (non-hydrogen) atoms. The minimum atomic E-state index is -0.644. The van der Waals surface area contributed by atoms with Gasteiger partial charge in [-0.3, -0.25) is 9.11 Å². The molecule has 0 spiro atoms. The number of nitrogens with one attached hydrogen (secondary N) is 1. The van der Waals surface area contributed by atoms with Crippen molar-refractivity contribution in [1.29, 1.82) is 0 Å². The lowest BCUT2D eigenvalue weighted by Crippen LogP contribution is -2.55. The minimum Gasteiger partial charge on any atom is -0.444 e. The van der Waals surface area contributed by atoms with Gasteiger partial charge in [0.05, 0.1) is 19.3 Å². The molecule has 6 nitrogen and oxygen atoms in total. The van der Waals surface area contributed by atoms with Crippen molar-refractivity contribution in [2.24, 2.45) is 0 Å². The van der Waals surface area contributed by atoms with Gasteiger partial charge in [-0.25, -0.2) is 4.79 Å². The van der Waals surface area contributed by atoms with E-state index in [9.17, 15) is 9.00 Å². The largest absolute Gasteiger partial charge is 0.444 e. The molecule has 2 saturated heterocycles. The van der Waals surface area contributed by atoms with Gasteiger partial charge >= 0.3 is 6.09 Å². The third-order valence-electron chi connectivity index (χ3n) is 3.89. The highest BCUT2D eigenvalue weighted by Crippen LogP contribution is 2.15. The van der Waals surface area contributed by atoms with Crippen LogP contribution in [0.1, 0.15) is 33.6 Å².